The number of nitrogens with zero attached hydrogens (tertiary/aromatic N) is 1. The number of hydrogen-bond donors (Lipinski definition) is 1. The molecule has 0 spiro atoms. The zero-order chi connectivity index (χ0) is 14.7. The highest BCUT2D eigenvalue weighted by Gasteiger charge is 2.11. The highest BCUT2D eigenvalue weighted by molar-refractivity contribution is 5.81. The van der Waals surface area contributed by atoms with Crippen molar-refractivity contribution in [2.24, 2.45) is 0 Å². The van der Waals surface area contributed by atoms with Crippen molar-refractivity contribution in [2.75, 3.05) is 0 Å². The third-order valence-corrected chi connectivity index (χ3v) is 3.31. The fourth-order valence-electron chi connectivity index (χ4n) is 2.29. The van der Waals surface area contributed by atoms with Gasteiger partial charge in [-0.25, -0.2) is 0 Å². The summed E-state index contributed by atoms with van der Waals surface area (Å²) in [5.41, 5.74) is 3.20. The molecular weight excluding hydrogens is 260 g/mol. The summed E-state index contributed by atoms with van der Waals surface area (Å²) in [4.78, 5) is 14.8. The standard InChI is InChI=1S/C18H12N2O/c19-12-15-11-16(13-7-3-1-4-8-13)17(20-18(15)21)14-9-5-2-6-10-14/h1-11H,(H,20,21). The number of hydrogen-bond acceptors (Lipinski definition) is 2. The Morgan fingerprint density at radius 2 is 1.43 bits per heavy atom. The second kappa shape index (κ2) is 5.48. The lowest BCUT2D eigenvalue weighted by molar-refractivity contribution is 1.22. The zero-order valence-electron chi connectivity index (χ0n) is 11.2. The Bertz CT molecular complexity index is 859. The minimum Gasteiger partial charge on any atom is -0.320 e. The maximum absolute atomic E-state index is 11.9. The van der Waals surface area contributed by atoms with Crippen molar-refractivity contribution in [2.45, 2.75) is 0 Å². The molecule has 0 unspecified atom stereocenters. The molecule has 0 fully saturated rings. The smallest absolute Gasteiger partial charge is 0.266 e. The lowest BCUT2D eigenvalue weighted by Crippen LogP contribution is -2.11. The van der Waals surface area contributed by atoms with E-state index in [1.54, 1.807) is 6.07 Å². The summed E-state index contributed by atoms with van der Waals surface area (Å²) >= 11 is 0. The van der Waals surface area contributed by atoms with Gasteiger partial charge in [-0.1, -0.05) is 60.7 Å². The van der Waals surface area contributed by atoms with Crippen LogP contribution in [0.4, 0.5) is 0 Å². The van der Waals surface area contributed by atoms with Gasteiger partial charge in [-0.3, -0.25) is 4.79 Å². The largest absolute Gasteiger partial charge is 0.320 e. The normalized spacial score (nSPS) is 10.0. The van der Waals surface area contributed by atoms with E-state index in [-0.39, 0.29) is 11.1 Å². The minimum absolute atomic E-state index is 0.119. The number of aromatic nitrogens is 1. The van der Waals surface area contributed by atoms with Crippen LogP contribution in [0.3, 0.4) is 0 Å². The molecular formula is C18H12N2O. The topological polar surface area (TPSA) is 56.6 Å². The minimum atomic E-state index is -0.365. The van der Waals surface area contributed by atoms with Crippen LogP contribution in [0.2, 0.25) is 0 Å². The Hall–Kier alpha value is -3.12. The summed E-state index contributed by atoms with van der Waals surface area (Å²) in [5, 5.41) is 9.08. The quantitative estimate of drug-likeness (QED) is 0.775. The number of H-pyrrole nitrogens is 1. The predicted octanol–water partition coefficient (Wildman–Crippen LogP) is 3.58. The number of aromatic amines is 1. The first-order valence-corrected chi connectivity index (χ1v) is 6.58. The van der Waals surface area contributed by atoms with Crippen molar-refractivity contribution in [3.63, 3.8) is 0 Å². The van der Waals surface area contributed by atoms with Crippen LogP contribution < -0.4 is 5.56 Å². The molecule has 3 aromatic rings. The summed E-state index contributed by atoms with van der Waals surface area (Å²) in [5.74, 6) is 0. The van der Waals surface area contributed by atoms with Gasteiger partial charge < -0.3 is 4.98 Å². The van der Waals surface area contributed by atoms with Crippen molar-refractivity contribution in [1.82, 2.24) is 4.98 Å². The van der Waals surface area contributed by atoms with Crippen molar-refractivity contribution < 1.29 is 0 Å². The molecule has 0 aliphatic carbocycles. The Morgan fingerprint density at radius 1 is 0.857 bits per heavy atom. The Kier molecular flexibility index (Phi) is 3.36. The molecule has 21 heavy (non-hydrogen) atoms. The SMILES string of the molecule is N#Cc1cc(-c2ccccc2)c(-c2ccccc2)[nH]c1=O. The number of nitrogens with one attached hydrogen (secondary N) is 1. The van der Waals surface area contributed by atoms with E-state index in [9.17, 15) is 4.79 Å². The van der Waals surface area contributed by atoms with Gasteiger partial charge in [0, 0.05) is 5.56 Å². The van der Waals surface area contributed by atoms with Gasteiger partial charge in [0.05, 0.1) is 5.69 Å². The van der Waals surface area contributed by atoms with E-state index in [0.29, 0.717) is 0 Å². The fraction of sp³-hybridized carbons (Fsp3) is 0. The molecule has 0 amide bonds. The number of nitriles is 1. The predicted molar refractivity (Wildman–Crippen MR) is 82.6 cm³/mol. The van der Waals surface area contributed by atoms with E-state index in [1.807, 2.05) is 66.7 Å². The molecule has 3 heteroatoms. The highest BCUT2D eigenvalue weighted by Crippen LogP contribution is 2.29. The summed E-state index contributed by atoms with van der Waals surface area (Å²) in [6.07, 6.45) is 0. The molecule has 1 heterocycles. The maximum atomic E-state index is 11.9. The van der Waals surface area contributed by atoms with Crippen LogP contribution in [0.1, 0.15) is 5.56 Å². The van der Waals surface area contributed by atoms with Gasteiger partial charge in [0.2, 0.25) is 0 Å². The van der Waals surface area contributed by atoms with Gasteiger partial charge >= 0.3 is 0 Å². The van der Waals surface area contributed by atoms with Crippen LogP contribution in [0.25, 0.3) is 22.4 Å². The van der Waals surface area contributed by atoms with E-state index >= 15 is 0 Å². The highest BCUT2D eigenvalue weighted by atomic mass is 16.1. The van der Waals surface area contributed by atoms with E-state index in [0.717, 1.165) is 22.4 Å². The van der Waals surface area contributed by atoms with E-state index in [1.165, 1.54) is 0 Å². The van der Waals surface area contributed by atoms with Gasteiger partial charge in [0.15, 0.2) is 0 Å². The Labute approximate surface area is 122 Å². The number of rotatable bonds is 2. The molecule has 1 aromatic heterocycles. The third kappa shape index (κ3) is 2.47. The van der Waals surface area contributed by atoms with E-state index in [2.05, 4.69) is 4.98 Å². The molecule has 0 aliphatic heterocycles. The van der Waals surface area contributed by atoms with Crippen LogP contribution in [0.15, 0.2) is 71.5 Å². The zero-order valence-corrected chi connectivity index (χ0v) is 11.2. The molecule has 2 aromatic carbocycles. The van der Waals surface area contributed by atoms with Crippen LogP contribution in [0.5, 0.6) is 0 Å². The summed E-state index contributed by atoms with van der Waals surface area (Å²) in [7, 11) is 0. The third-order valence-electron chi connectivity index (χ3n) is 3.31. The van der Waals surface area contributed by atoms with Crippen LogP contribution in [-0.4, -0.2) is 4.98 Å². The summed E-state index contributed by atoms with van der Waals surface area (Å²) in [6.45, 7) is 0. The van der Waals surface area contributed by atoms with Crippen molar-refractivity contribution in [3.8, 4) is 28.5 Å². The van der Waals surface area contributed by atoms with E-state index < -0.39 is 0 Å². The van der Waals surface area contributed by atoms with Crippen LogP contribution in [0, 0.1) is 11.3 Å². The fourth-order valence-corrected chi connectivity index (χ4v) is 2.29. The molecule has 3 rings (SSSR count). The number of pyridine rings is 1. The molecule has 1 N–H and O–H groups in total. The molecule has 100 valence electrons. The van der Waals surface area contributed by atoms with Gasteiger partial charge in [-0.05, 0) is 17.2 Å². The second-order valence-corrected chi connectivity index (χ2v) is 4.64. The first-order chi connectivity index (χ1) is 10.3. The van der Waals surface area contributed by atoms with Crippen molar-refractivity contribution in [1.29, 1.82) is 5.26 Å². The van der Waals surface area contributed by atoms with Crippen molar-refractivity contribution in [3.05, 3.63) is 82.6 Å². The molecule has 0 aliphatic rings. The van der Waals surface area contributed by atoms with Gasteiger partial charge in [0.1, 0.15) is 11.6 Å². The summed E-state index contributed by atoms with van der Waals surface area (Å²) < 4.78 is 0. The van der Waals surface area contributed by atoms with Crippen molar-refractivity contribution >= 4 is 0 Å². The molecule has 0 atom stereocenters. The number of benzene rings is 2. The lowest BCUT2D eigenvalue weighted by Gasteiger charge is -2.10. The lowest BCUT2D eigenvalue weighted by atomic mass is 9.98. The first kappa shape index (κ1) is 12.9. The van der Waals surface area contributed by atoms with Gasteiger partial charge in [-0.15, -0.1) is 0 Å². The molecule has 0 saturated carbocycles. The first-order valence-electron chi connectivity index (χ1n) is 6.58. The van der Waals surface area contributed by atoms with Crippen LogP contribution in [-0.2, 0) is 0 Å². The second-order valence-electron chi connectivity index (χ2n) is 4.64. The Morgan fingerprint density at radius 3 is 2.00 bits per heavy atom. The van der Waals surface area contributed by atoms with Gasteiger partial charge in [-0.2, -0.15) is 5.26 Å². The Balaban J connectivity index is 2.32. The average Bonchev–Trinajstić information content (AvgIpc) is 2.56. The van der Waals surface area contributed by atoms with Crippen LogP contribution >= 0.6 is 0 Å². The molecule has 3 nitrogen and oxygen atoms in total. The average molecular weight is 272 g/mol. The molecule has 0 radical (unpaired) electrons. The molecule has 0 bridgehead atoms. The van der Waals surface area contributed by atoms with E-state index in [4.69, 9.17) is 5.26 Å². The summed E-state index contributed by atoms with van der Waals surface area (Å²) in [6, 6.07) is 22.9. The monoisotopic (exact) mass is 272 g/mol. The molecule has 0 saturated heterocycles. The van der Waals surface area contributed by atoms with Gasteiger partial charge in [0.25, 0.3) is 5.56 Å². The maximum Gasteiger partial charge on any atom is 0.266 e.